The molecule has 1 N–H and O–H groups in total. The van der Waals surface area contributed by atoms with E-state index in [2.05, 4.69) is 5.32 Å². The summed E-state index contributed by atoms with van der Waals surface area (Å²) in [5.74, 6) is 0.866. The fraction of sp³-hybridized carbons (Fsp3) is 0.231. The predicted molar refractivity (Wildman–Crippen MR) is 78.2 cm³/mol. The number of halogens is 2. The Bertz CT molecular complexity index is 542. The van der Waals surface area contributed by atoms with E-state index in [1.807, 2.05) is 30.6 Å². The summed E-state index contributed by atoms with van der Waals surface area (Å²) in [7, 11) is 3.57. The fourth-order valence-corrected chi connectivity index (χ4v) is 3.36. The van der Waals surface area contributed by atoms with Gasteiger partial charge in [-0.05, 0) is 36.2 Å². The van der Waals surface area contributed by atoms with Gasteiger partial charge < -0.3 is 10.1 Å². The van der Waals surface area contributed by atoms with Crippen LogP contribution >= 0.6 is 34.5 Å². The van der Waals surface area contributed by atoms with Crippen molar-refractivity contribution in [3.63, 3.8) is 0 Å². The molecule has 1 heterocycles. The lowest BCUT2D eigenvalue weighted by molar-refractivity contribution is 0.409. The molecule has 2 nitrogen and oxygen atoms in total. The summed E-state index contributed by atoms with van der Waals surface area (Å²) in [4.78, 5) is 1.10. The molecule has 0 saturated heterocycles. The highest BCUT2D eigenvalue weighted by molar-refractivity contribution is 7.10. The molecule has 96 valence electrons. The molecule has 1 atom stereocenters. The van der Waals surface area contributed by atoms with E-state index in [0.29, 0.717) is 10.0 Å². The minimum atomic E-state index is 0.00437. The summed E-state index contributed by atoms with van der Waals surface area (Å²) >= 11 is 13.8. The van der Waals surface area contributed by atoms with Crippen LogP contribution in [0.4, 0.5) is 0 Å². The SMILES string of the molecule is CNC(c1ccc(Cl)cc1Cl)c1sccc1OC. The number of hydrogen-bond acceptors (Lipinski definition) is 3. The van der Waals surface area contributed by atoms with Crippen molar-refractivity contribution in [3.8, 4) is 5.75 Å². The minimum Gasteiger partial charge on any atom is -0.496 e. The number of thiophene rings is 1. The van der Waals surface area contributed by atoms with Crippen LogP contribution in [0.1, 0.15) is 16.5 Å². The Labute approximate surface area is 120 Å². The predicted octanol–water partition coefficient (Wildman–Crippen LogP) is 4.37. The lowest BCUT2D eigenvalue weighted by Crippen LogP contribution is -2.17. The third-order valence-electron chi connectivity index (χ3n) is 2.70. The quantitative estimate of drug-likeness (QED) is 0.905. The van der Waals surface area contributed by atoms with Gasteiger partial charge in [-0.2, -0.15) is 0 Å². The van der Waals surface area contributed by atoms with Crippen LogP contribution in [-0.2, 0) is 0 Å². The molecular formula is C13H13Cl2NOS. The Hall–Kier alpha value is -0.740. The summed E-state index contributed by atoms with van der Waals surface area (Å²) in [6.45, 7) is 0. The van der Waals surface area contributed by atoms with Gasteiger partial charge in [-0.25, -0.2) is 0 Å². The van der Waals surface area contributed by atoms with Crippen LogP contribution in [0.2, 0.25) is 10.0 Å². The van der Waals surface area contributed by atoms with Gasteiger partial charge in [-0.1, -0.05) is 29.3 Å². The van der Waals surface area contributed by atoms with Crippen LogP contribution in [0.15, 0.2) is 29.6 Å². The second kappa shape index (κ2) is 5.93. The maximum Gasteiger partial charge on any atom is 0.134 e. The highest BCUT2D eigenvalue weighted by Crippen LogP contribution is 2.37. The van der Waals surface area contributed by atoms with Gasteiger partial charge >= 0.3 is 0 Å². The van der Waals surface area contributed by atoms with Gasteiger partial charge in [0.2, 0.25) is 0 Å². The molecular weight excluding hydrogens is 289 g/mol. The van der Waals surface area contributed by atoms with Gasteiger partial charge in [-0.3, -0.25) is 0 Å². The molecule has 0 aliphatic carbocycles. The van der Waals surface area contributed by atoms with E-state index in [0.717, 1.165) is 16.2 Å². The van der Waals surface area contributed by atoms with Crippen LogP contribution in [0.5, 0.6) is 5.75 Å². The van der Waals surface area contributed by atoms with E-state index >= 15 is 0 Å². The van der Waals surface area contributed by atoms with E-state index in [1.54, 1.807) is 24.5 Å². The number of ether oxygens (including phenoxy) is 1. The maximum atomic E-state index is 6.25. The van der Waals surface area contributed by atoms with Gasteiger partial charge in [0.05, 0.1) is 18.0 Å². The minimum absolute atomic E-state index is 0.00437. The third kappa shape index (κ3) is 2.64. The first kappa shape index (κ1) is 13.7. The molecule has 18 heavy (non-hydrogen) atoms. The van der Waals surface area contributed by atoms with Crippen LogP contribution in [0.25, 0.3) is 0 Å². The highest BCUT2D eigenvalue weighted by Gasteiger charge is 2.20. The van der Waals surface area contributed by atoms with Gasteiger partial charge in [0.15, 0.2) is 0 Å². The summed E-state index contributed by atoms with van der Waals surface area (Å²) in [5, 5.41) is 6.55. The molecule has 0 radical (unpaired) electrons. The zero-order chi connectivity index (χ0) is 13.1. The van der Waals surface area contributed by atoms with Crippen LogP contribution in [-0.4, -0.2) is 14.2 Å². The molecule has 0 saturated carbocycles. The summed E-state index contributed by atoms with van der Waals surface area (Å²) in [6, 6.07) is 7.49. The molecule has 1 aromatic heterocycles. The average Bonchev–Trinajstić information content (AvgIpc) is 2.81. The Morgan fingerprint density at radius 2 is 2.06 bits per heavy atom. The largest absolute Gasteiger partial charge is 0.496 e. The van der Waals surface area contributed by atoms with Crippen molar-refractivity contribution >= 4 is 34.5 Å². The molecule has 2 aromatic rings. The van der Waals surface area contributed by atoms with E-state index < -0.39 is 0 Å². The molecule has 5 heteroatoms. The van der Waals surface area contributed by atoms with Crippen molar-refractivity contribution in [3.05, 3.63) is 50.1 Å². The van der Waals surface area contributed by atoms with Gasteiger partial charge in [0, 0.05) is 10.0 Å². The second-order valence-corrected chi connectivity index (χ2v) is 5.53. The fourth-order valence-electron chi connectivity index (χ4n) is 1.85. The number of nitrogens with one attached hydrogen (secondary N) is 1. The molecule has 1 unspecified atom stereocenters. The zero-order valence-electron chi connectivity index (χ0n) is 10.0. The number of methoxy groups -OCH3 is 1. The monoisotopic (exact) mass is 301 g/mol. The lowest BCUT2D eigenvalue weighted by atomic mass is 10.1. The first-order valence-corrected chi connectivity index (χ1v) is 7.04. The molecule has 0 fully saturated rings. The summed E-state index contributed by atoms with van der Waals surface area (Å²) < 4.78 is 5.35. The van der Waals surface area contributed by atoms with Crippen molar-refractivity contribution in [1.29, 1.82) is 0 Å². The van der Waals surface area contributed by atoms with Crippen LogP contribution in [0, 0.1) is 0 Å². The smallest absolute Gasteiger partial charge is 0.134 e. The number of benzene rings is 1. The Kier molecular flexibility index (Phi) is 4.51. The van der Waals surface area contributed by atoms with Crippen LogP contribution in [0.3, 0.4) is 0 Å². The van der Waals surface area contributed by atoms with E-state index in [-0.39, 0.29) is 6.04 Å². The first-order chi connectivity index (χ1) is 8.67. The van der Waals surface area contributed by atoms with Gasteiger partial charge in [0.25, 0.3) is 0 Å². The lowest BCUT2D eigenvalue weighted by Gasteiger charge is -2.18. The van der Waals surface area contributed by atoms with Crippen molar-refractivity contribution in [2.45, 2.75) is 6.04 Å². The van der Waals surface area contributed by atoms with Crippen molar-refractivity contribution in [1.82, 2.24) is 5.32 Å². The van der Waals surface area contributed by atoms with E-state index in [4.69, 9.17) is 27.9 Å². The Morgan fingerprint density at radius 1 is 1.28 bits per heavy atom. The molecule has 0 amide bonds. The average molecular weight is 302 g/mol. The summed E-state index contributed by atoms with van der Waals surface area (Å²) in [6.07, 6.45) is 0. The maximum absolute atomic E-state index is 6.25. The molecule has 0 aliphatic heterocycles. The molecule has 0 bridgehead atoms. The van der Waals surface area contributed by atoms with Gasteiger partial charge in [0.1, 0.15) is 5.75 Å². The molecule has 0 aliphatic rings. The first-order valence-electron chi connectivity index (χ1n) is 5.41. The molecule has 0 spiro atoms. The molecule has 1 aromatic carbocycles. The Balaban J connectivity index is 2.45. The third-order valence-corrected chi connectivity index (χ3v) is 4.23. The number of hydrogen-bond donors (Lipinski definition) is 1. The number of rotatable bonds is 4. The zero-order valence-corrected chi connectivity index (χ0v) is 12.4. The second-order valence-electron chi connectivity index (χ2n) is 3.74. The van der Waals surface area contributed by atoms with Crippen LogP contribution < -0.4 is 10.1 Å². The highest BCUT2D eigenvalue weighted by atomic mass is 35.5. The topological polar surface area (TPSA) is 21.3 Å². The van der Waals surface area contributed by atoms with Crippen molar-refractivity contribution < 1.29 is 4.74 Å². The molecule has 2 rings (SSSR count). The van der Waals surface area contributed by atoms with E-state index in [1.165, 1.54) is 0 Å². The summed E-state index contributed by atoms with van der Waals surface area (Å²) in [5.41, 5.74) is 0.990. The van der Waals surface area contributed by atoms with Gasteiger partial charge in [-0.15, -0.1) is 11.3 Å². The normalized spacial score (nSPS) is 12.4. The standard InChI is InChI=1S/C13H13Cl2NOS/c1-16-12(13-11(17-2)5-6-18-13)9-4-3-8(14)7-10(9)15/h3-7,12,16H,1-2H3. The van der Waals surface area contributed by atoms with Crippen molar-refractivity contribution in [2.24, 2.45) is 0 Å². The Morgan fingerprint density at radius 3 is 2.67 bits per heavy atom. The van der Waals surface area contributed by atoms with E-state index in [9.17, 15) is 0 Å². The van der Waals surface area contributed by atoms with Crippen molar-refractivity contribution in [2.75, 3.05) is 14.2 Å².